The summed E-state index contributed by atoms with van der Waals surface area (Å²) in [7, 11) is 0. The number of Topliss-reactive ketones (excluding diaryl/α,β-unsaturated/α-hetero) is 1. The highest BCUT2D eigenvalue weighted by Crippen LogP contribution is 2.52. The zero-order chi connectivity index (χ0) is 8.93. The van der Waals surface area contributed by atoms with Crippen molar-refractivity contribution in [2.24, 2.45) is 11.8 Å². The van der Waals surface area contributed by atoms with Crippen LogP contribution in [-0.4, -0.2) is 15.9 Å². The van der Waals surface area contributed by atoms with Crippen molar-refractivity contribution in [3.05, 3.63) is 12.2 Å². The molecule has 2 nitrogen and oxygen atoms in total. The lowest BCUT2D eigenvalue weighted by Gasteiger charge is -2.45. The van der Waals surface area contributed by atoms with E-state index in [0.29, 0.717) is 0 Å². The molecule has 0 aromatic rings. The van der Waals surface area contributed by atoms with Gasteiger partial charge in [-0.3, -0.25) is 9.59 Å². The molecule has 0 bridgehead atoms. The number of allylic oxidation sites excluding steroid dienone is 2. The van der Waals surface area contributed by atoms with Crippen LogP contribution in [0.4, 0.5) is 0 Å². The monoisotopic (exact) mass is 204 g/mol. The first-order valence-corrected chi connectivity index (χ1v) is 4.42. The number of ketones is 2. The Morgan fingerprint density at radius 3 is 2.75 bits per heavy atom. The smallest absolute Gasteiger partial charge is 0.183 e. The minimum Gasteiger partial charge on any atom is -0.296 e. The summed E-state index contributed by atoms with van der Waals surface area (Å²) in [4.78, 5) is 22.1. The topological polar surface area (TPSA) is 34.1 Å². The number of hydrogen-bond acceptors (Lipinski definition) is 2. The second kappa shape index (κ2) is 2.33. The molecule has 12 heavy (non-hydrogen) atoms. The highest BCUT2D eigenvalue weighted by molar-refractivity contribution is 6.61. The second-order valence-corrected chi connectivity index (χ2v) is 4.53. The summed E-state index contributed by atoms with van der Waals surface area (Å²) in [5.41, 5.74) is 0. The number of rotatable bonds is 0. The first-order chi connectivity index (χ1) is 5.53. The van der Waals surface area contributed by atoms with E-state index >= 15 is 0 Å². The Morgan fingerprint density at radius 1 is 1.42 bits per heavy atom. The zero-order valence-corrected chi connectivity index (χ0v) is 7.60. The highest BCUT2D eigenvalue weighted by atomic mass is 35.5. The van der Waals surface area contributed by atoms with Crippen LogP contribution in [0.15, 0.2) is 12.2 Å². The van der Waals surface area contributed by atoms with Crippen molar-refractivity contribution >= 4 is 34.8 Å². The van der Waals surface area contributed by atoms with Crippen molar-refractivity contribution in [2.45, 2.75) is 10.8 Å². The molecule has 0 spiro atoms. The lowest BCUT2D eigenvalue weighted by molar-refractivity contribution is -0.137. The maximum absolute atomic E-state index is 11.2. The number of fused-ring (bicyclic) bond motifs is 1. The maximum atomic E-state index is 11.2. The van der Waals surface area contributed by atoms with Gasteiger partial charge in [-0.15, -0.1) is 0 Å². The third kappa shape index (κ3) is 0.882. The minimum absolute atomic E-state index is 0.0200. The molecular weight excluding hydrogens is 199 g/mol. The van der Waals surface area contributed by atoms with Gasteiger partial charge in [0.15, 0.2) is 15.9 Å². The van der Waals surface area contributed by atoms with Gasteiger partial charge in [0.25, 0.3) is 0 Å². The summed E-state index contributed by atoms with van der Waals surface area (Å²) in [5, 5.41) is 0. The van der Waals surface area contributed by atoms with Gasteiger partial charge in [0.2, 0.25) is 0 Å². The highest BCUT2D eigenvalue weighted by Gasteiger charge is 2.60. The fraction of sp³-hybridized carbons (Fsp3) is 0.500. The molecule has 1 saturated carbocycles. The SMILES string of the molecule is O=C1C=C[C@@H]2[C@H](C1)C(=O)C2(Cl)Cl. The molecule has 0 radical (unpaired) electrons. The molecule has 64 valence electrons. The van der Waals surface area contributed by atoms with Gasteiger partial charge in [-0.2, -0.15) is 0 Å². The quantitative estimate of drug-likeness (QED) is 0.561. The third-order valence-electron chi connectivity index (χ3n) is 2.43. The molecule has 0 heterocycles. The van der Waals surface area contributed by atoms with Crippen molar-refractivity contribution in [3.8, 4) is 0 Å². The molecule has 1 fully saturated rings. The Balaban J connectivity index is 2.30. The van der Waals surface area contributed by atoms with Gasteiger partial charge in [-0.1, -0.05) is 29.3 Å². The fourth-order valence-electron chi connectivity index (χ4n) is 1.70. The van der Waals surface area contributed by atoms with Gasteiger partial charge in [0.05, 0.1) is 0 Å². The minimum atomic E-state index is -1.28. The molecule has 0 unspecified atom stereocenters. The second-order valence-electron chi connectivity index (χ2n) is 3.15. The van der Waals surface area contributed by atoms with E-state index in [1.54, 1.807) is 6.08 Å². The van der Waals surface area contributed by atoms with Crippen molar-refractivity contribution in [1.29, 1.82) is 0 Å². The van der Waals surface area contributed by atoms with Gasteiger partial charge in [0.1, 0.15) is 0 Å². The average molecular weight is 205 g/mol. The van der Waals surface area contributed by atoms with Crippen LogP contribution in [0, 0.1) is 11.8 Å². The molecule has 2 atom stereocenters. The van der Waals surface area contributed by atoms with Crippen LogP contribution < -0.4 is 0 Å². The summed E-state index contributed by atoms with van der Waals surface area (Å²) in [6.07, 6.45) is 3.35. The average Bonchev–Trinajstić information content (AvgIpc) is 2.03. The van der Waals surface area contributed by atoms with Crippen molar-refractivity contribution in [2.75, 3.05) is 0 Å². The summed E-state index contributed by atoms with van der Waals surface area (Å²) in [5.74, 6) is -0.662. The molecule has 0 aromatic heterocycles. The van der Waals surface area contributed by atoms with E-state index in [1.165, 1.54) is 6.08 Å². The number of carbonyl (C=O) groups excluding carboxylic acids is 2. The van der Waals surface area contributed by atoms with E-state index in [0.717, 1.165) is 0 Å². The van der Waals surface area contributed by atoms with Crippen LogP contribution >= 0.6 is 23.2 Å². The molecular formula is C8H6Cl2O2. The van der Waals surface area contributed by atoms with E-state index in [4.69, 9.17) is 23.2 Å². The van der Waals surface area contributed by atoms with Gasteiger partial charge >= 0.3 is 0 Å². The Bertz CT molecular complexity index is 293. The Labute approximate surface area is 79.5 Å². The lowest BCUT2D eigenvalue weighted by Crippen LogP contribution is -2.57. The van der Waals surface area contributed by atoms with E-state index < -0.39 is 4.33 Å². The van der Waals surface area contributed by atoms with Crippen LogP contribution in [0.3, 0.4) is 0 Å². The number of halogens is 2. The molecule has 0 aliphatic heterocycles. The summed E-state index contributed by atoms with van der Waals surface area (Å²) in [6.45, 7) is 0. The van der Waals surface area contributed by atoms with Crippen molar-refractivity contribution < 1.29 is 9.59 Å². The molecule has 4 heteroatoms. The van der Waals surface area contributed by atoms with E-state index in [2.05, 4.69) is 0 Å². The maximum Gasteiger partial charge on any atom is 0.183 e. The van der Waals surface area contributed by atoms with Crippen LogP contribution in [0.2, 0.25) is 0 Å². The normalized spacial score (nSPS) is 37.5. The van der Waals surface area contributed by atoms with Gasteiger partial charge in [-0.05, 0) is 6.08 Å². The van der Waals surface area contributed by atoms with Crippen molar-refractivity contribution in [3.63, 3.8) is 0 Å². The molecule has 2 aliphatic rings. The van der Waals surface area contributed by atoms with Gasteiger partial charge in [0, 0.05) is 18.3 Å². The molecule has 0 aromatic carbocycles. The summed E-state index contributed by atoms with van der Waals surface area (Å²) in [6, 6.07) is 0. The molecule has 2 rings (SSSR count). The zero-order valence-electron chi connectivity index (χ0n) is 6.09. The van der Waals surface area contributed by atoms with Crippen LogP contribution in [0.5, 0.6) is 0 Å². The third-order valence-corrected chi connectivity index (χ3v) is 3.30. The molecule has 2 aliphatic carbocycles. The largest absolute Gasteiger partial charge is 0.296 e. The Morgan fingerprint density at radius 2 is 2.08 bits per heavy atom. The van der Waals surface area contributed by atoms with Crippen LogP contribution in [0.1, 0.15) is 6.42 Å². The first kappa shape index (κ1) is 8.27. The fourth-order valence-corrected chi connectivity index (χ4v) is 2.43. The number of hydrogen-bond donors (Lipinski definition) is 0. The lowest BCUT2D eigenvalue weighted by atomic mass is 9.66. The molecule has 0 amide bonds. The van der Waals surface area contributed by atoms with E-state index in [-0.39, 0.29) is 29.8 Å². The van der Waals surface area contributed by atoms with Gasteiger partial charge < -0.3 is 0 Å². The summed E-state index contributed by atoms with van der Waals surface area (Å²) >= 11 is 11.5. The number of carbonyl (C=O) groups is 2. The first-order valence-electron chi connectivity index (χ1n) is 3.66. The predicted octanol–water partition coefficient (Wildman–Crippen LogP) is 1.50. The van der Waals surface area contributed by atoms with Crippen LogP contribution in [0.25, 0.3) is 0 Å². The van der Waals surface area contributed by atoms with E-state index in [1.807, 2.05) is 0 Å². The van der Waals surface area contributed by atoms with E-state index in [9.17, 15) is 9.59 Å². The summed E-state index contributed by atoms with van der Waals surface area (Å²) < 4.78 is -1.28. The predicted molar refractivity (Wildman–Crippen MR) is 45.2 cm³/mol. The van der Waals surface area contributed by atoms with Gasteiger partial charge in [-0.25, -0.2) is 0 Å². The Kier molecular flexibility index (Phi) is 1.61. The van der Waals surface area contributed by atoms with Crippen molar-refractivity contribution in [1.82, 2.24) is 0 Å². The van der Waals surface area contributed by atoms with Crippen LogP contribution in [-0.2, 0) is 9.59 Å². The molecule has 0 saturated heterocycles. The number of alkyl halides is 2. The standard InChI is InChI=1S/C8H6Cl2O2/c9-8(10)6-2-1-4(11)3-5(6)7(8)12/h1-2,5-6H,3H2/t5-,6+/m0/s1. The Hall–Kier alpha value is -0.340. The molecule has 0 N–H and O–H groups in total.